The lowest BCUT2D eigenvalue weighted by molar-refractivity contribution is -0.146. The first kappa shape index (κ1) is 12.9. The Bertz CT molecular complexity index is 191. The molecule has 0 unspecified atom stereocenters. The average Bonchev–Trinajstić information content (AvgIpc) is 2.02. The molecule has 0 aliphatic heterocycles. The Kier molecular flexibility index (Phi) is 6.74. The Morgan fingerprint density at radius 2 is 1.79 bits per heavy atom. The van der Waals surface area contributed by atoms with Gasteiger partial charge in [-0.25, -0.2) is 0 Å². The molecule has 0 fully saturated rings. The van der Waals surface area contributed by atoms with Gasteiger partial charge in [0.15, 0.2) is 0 Å². The SMILES string of the molecule is CCOC(=O)CNCC(=O)OC(C)C. The summed E-state index contributed by atoms with van der Waals surface area (Å²) < 4.78 is 9.49. The van der Waals surface area contributed by atoms with E-state index in [1.54, 1.807) is 20.8 Å². The van der Waals surface area contributed by atoms with Crippen molar-refractivity contribution in [2.75, 3.05) is 19.7 Å². The number of hydrogen-bond donors (Lipinski definition) is 1. The average molecular weight is 203 g/mol. The summed E-state index contributed by atoms with van der Waals surface area (Å²) in [4.78, 5) is 21.8. The van der Waals surface area contributed by atoms with E-state index in [1.165, 1.54) is 0 Å². The fourth-order valence-corrected chi connectivity index (χ4v) is 0.783. The van der Waals surface area contributed by atoms with Gasteiger partial charge in [0.05, 0.1) is 25.8 Å². The Balaban J connectivity index is 3.44. The first-order valence-corrected chi connectivity index (χ1v) is 4.62. The third-order valence-corrected chi connectivity index (χ3v) is 1.21. The van der Waals surface area contributed by atoms with E-state index in [-0.39, 0.29) is 31.1 Å². The molecule has 14 heavy (non-hydrogen) atoms. The zero-order valence-corrected chi connectivity index (χ0v) is 8.83. The van der Waals surface area contributed by atoms with Crippen LogP contribution < -0.4 is 5.32 Å². The minimum Gasteiger partial charge on any atom is -0.465 e. The summed E-state index contributed by atoms with van der Waals surface area (Å²) in [5.41, 5.74) is 0. The molecule has 0 rings (SSSR count). The maximum absolute atomic E-state index is 11.0. The van der Waals surface area contributed by atoms with Crippen molar-refractivity contribution in [1.29, 1.82) is 0 Å². The van der Waals surface area contributed by atoms with E-state index in [4.69, 9.17) is 4.74 Å². The molecule has 5 nitrogen and oxygen atoms in total. The minimum absolute atomic E-state index is 0.0248. The van der Waals surface area contributed by atoms with E-state index in [1.807, 2.05) is 0 Å². The first-order valence-electron chi connectivity index (χ1n) is 4.62. The molecule has 0 saturated heterocycles. The molecule has 0 aromatic heterocycles. The molecular formula is C9H17NO4. The van der Waals surface area contributed by atoms with Crippen LogP contribution in [0.1, 0.15) is 20.8 Å². The number of nitrogens with one attached hydrogen (secondary N) is 1. The van der Waals surface area contributed by atoms with Crippen LogP contribution in [0.5, 0.6) is 0 Å². The van der Waals surface area contributed by atoms with Crippen LogP contribution in [-0.2, 0) is 19.1 Å². The molecule has 0 amide bonds. The summed E-state index contributed by atoms with van der Waals surface area (Å²) >= 11 is 0. The molecular weight excluding hydrogens is 186 g/mol. The van der Waals surface area contributed by atoms with Crippen molar-refractivity contribution in [3.8, 4) is 0 Å². The highest BCUT2D eigenvalue weighted by Crippen LogP contribution is 1.87. The fourth-order valence-electron chi connectivity index (χ4n) is 0.783. The Morgan fingerprint density at radius 3 is 2.29 bits per heavy atom. The quantitative estimate of drug-likeness (QED) is 0.620. The second-order valence-corrected chi connectivity index (χ2v) is 2.95. The number of carbonyl (C=O) groups excluding carboxylic acids is 2. The van der Waals surface area contributed by atoms with Crippen LogP contribution in [0.4, 0.5) is 0 Å². The normalized spacial score (nSPS) is 10.0. The molecule has 82 valence electrons. The summed E-state index contributed by atoms with van der Waals surface area (Å²) in [7, 11) is 0. The Hall–Kier alpha value is -1.10. The summed E-state index contributed by atoms with van der Waals surface area (Å²) in [6.07, 6.45) is -0.133. The van der Waals surface area contributed by atoms with Crippen molar-refractivity contribution >= 4 is 11.9 Å². The predicted octanol–water partition coefficient (Wildman–Crippen LogP) is 0.0907. The zero-order valence-electron chi connectivity index (χ0n) is 8.83. The van der Waals surface area contributed by atoms with Crippen LogP contribution in [0, 0.1) is 0 Å². The van der Waals surface area contributed by atoms with Crippen LogP contribution in [-0.4, -0.2) is 37.7 Å². The largest absolute Gasteiger partial charge is 0.465 e. The molecule has 1 N–H and O–H groups in total. The summed E-state index contributed by atoms with van der Waals surface area (Å²) in [5, 5.41) is 2.63. The molecule has 0 aliphatic rings. The van der Waals surface area contributed by atoms with Crippen LogP contribution in [0.2, 0.25) is 0 Å². The molecule has 0 spiro atoms. The van der Waals surface area contributed by atoms with Gasteiger partial charge in [-0.2, -0.15) is 0 Å². The van der Waals surface area contributed by atoms with Gasteiger partial charge in [-0.3, -0.25) is 14.9 Å². The van der Waals surface area contributed by atoms with Gasteiger partial charge in [0, 0.05) is 0 Å². The standard InChI is InChI=1S/C9H17NO4/c1-4-13-8(11)5-10-6-9(12)14-7(2)3/h7,10H,4-6H2,1-3H3. The van der Waals surface area contributed by atoms with Gasteiger partial charge < -0.3 is 9.47 Å². The number of hydrogen-bond acceptors (Lipinski definition) is 5. The van der Waals surface area contributed by atoms with E-state index in [9.17, 15) is 9.59 Å². The second kappa shape index (κ2) is 7.32. The number of ether oxygens (including phenoxy) is 2. The number of esters is 2. The van der Waals surface area contributed by atoms with Crippen LogP contribution >= 0.6 is 0 Å². The summed E-state index contributed by atoms with van der Waals surface area (Å²) in [6, 6.07) is 0. The van der Waals surface area contributed by atoms with Crippen LogP contribution in [0.25, 0.3) is 0 Å². The highest BCUT2D eigenvalue weighted by Gasteiger charge is 2.06. The van der Waals surface area contributed by atoms with Gasteiger partial charge in [0.25, 0.3) is 0 Å². The van der Waals surface area contributed by atoms with Gasteiger partial charge in [0.2, 0.25) is 0 Å². The Labute approximate surface area is 83.8 Å². The molecule has 0 aromatic rings. The van der Waals surface area contributed by atoms with Crippen molar-refractivity contribution in [3.63, 3.8) is 0 Å². The van der Waals surface area contributed by atoms with Crippen molar-refractivity contribution in [3.05, 3.63) is 0 Å². The van der Waals surface area contributed by atoms with Gasteiger partial charge in [-0.05, 0) is 20.8 Å². The molecule has 5 heteroatoms. The van der Waals surface area contributed by atoms with Gasteiger partial charge >= 0.3 is 11.9 Å². The lowest BCUT2D eigenvalue weighted by atomic mass is 10.5. The lowest BCUT2D eigenvalue weighted by Crippen LogP contribution is -2.31. The first-order chi connectivity index (χ1) is 6.56. The molecule has 0 aromatic carbocycles. The maximum Gasteiger partial charge on any atom is 0.320 e. The maximum atomic E-state index is 11.0. The highest BCUT2D eigenvalue weighted by atomic mass is 16.5. The number of carbonyl (C=O) groups is 2. The van der Waals surface area contributed by atoms with Crippen molar-refractivity contribution in [2.24, 2.45) is 0 Å². The van der Waals surface area contributed by atoms with E-state index < -0.39 is 0 Å². The third kappa shape index (κ3) is 7.54. The van der Waals surface area contributed by atoms with Gasteiger partial charge in [-0.15, -0.1) is 0 Å². The minimum atomic E-state index is -0.371. The molecule has 0 bridgehead atoms. The summed E-state index contributed by atoms with van der Waals surface area (Å²) in [6.45, 7) is 5.66. The lowest BCUT2D eigenvalue weighted by Gasteiger charge is -2.08. The van der Waals surface area contributed by atoms with Crippen molar-refractivity contribution < 1.29 is 19.1 Å². The van der Waals surface area contributed by atoms with Crippen LogP contribution in [0.3, 0.4) is 0 Å². The molecule has 0 radical (unpaired) electrons. The summed E-state index contributed by atoms with van der Waals surface area (Å²) in [5.74, 6) is -0.742. The van der Waals surface area contributed by atoms with Crippen molar-refractivity contribution in [1.82, 2.24) is 5.32 Å². The predicted molar refractivity (Wildman–Crippen MR) is 50.7 cm³/mol. The molecule has 0 heterocycles. The van der Waals surface area contributed by atoms with Crippen molar-refractivity contribution in [2.45, 2.75) is 26.9 Å². The molecule has 0 aliphatic carbocycles. The third-order valence-electron chi connectivity index (χ3n) is 1.21. The Morgan fingerprint density at radius 1 is 1.21 bits per heavy atom. The highest BCUT2D eigenvalue weighted by molar-refractivity contribution is 5.74. The number of rotatable bonds is 6. The monoisotopic (exact) mass is 203 g/mol. The zero-order chi connectivity index (χ0) is 11.0. The van der Waals surface area contributed by atoms with Gasteiger partial charge in [0.1, 0.15) is 0 Å². The van der Waals surface area contributed by atoms with E-state index in [0.717, 1.165) is 0 Å². The van der Waals surface area contributed by atoms with E-state index in [2.05, 4.69) is 10.1 Å². The van der Waals surface area contributed by atoms with Gasteiger partial charge in [-0.1, -0.05) is 0 Å². The second-order valence-electron chi connectivity index (χ2n) is 2.95. The topological polar surface area (TPSA) is 64.6 Å². The van der Waals surface area contributed by atoms with E-state index >= 15 is 0 Å². The molecule has 0 saturated carbocycles. The molecule has 0 atom stereocenters. The van der Waals surface area contributed by atoms with Crippen LogP contribution in [0.15, 0.2) is 0 Å². The van der Waals surface area contributed by atoms with E-state index in [0.29, 0.717) is 6.61 Å². The fraction of sp³-hybridized carbons (Fsp3) is 0.778. The smallest absolute Gasteiger partial charge is 0.320 e.